The Hall–Kier alpha value is -3.20. The summed E-state index contributed by atoms with van der Waals surface area (Å²) in [5.74, 6) is 1.51. The van der Waals surface area contributed by atoms with Gasteiger partial charge in [-0.05, 0) is 37.3 Å². The van der Waals surface area contributed by atoms with Crippen LogP contribution >= 0.6 is 0 Å². The van der Waals surface area contributed by atoms with E-state index in [9.17, 15) is 5.26 Å². The van der Waals surface area contributed by atoms with Crippen LogP contribution in [-0.2, 0) is 0 Å². The first-order valence-corrected chi connectivity index (χ1v) is 6.89. The van der Waals surface area contributed by atoms with Crippen molar-refractivity contribution in [3.05, 3.63) is 48.2 Å². The maximum absolute atomic E-state index is 9.19. The second-order valence-electron chi connectivity index (χ2n) is 4.68. The molecule has 0 bridgehead atoms. The van der Waals surface area contributed by atoms with Gasteiger partial charge in [0.2, 0.25) is 0 Å². The van der Waals surface area contributed by atoms with E-state index in [4.69, 9.17) is 10.5 Å². The third kappa shape index (κ3) is 2.40. The Labute approximate surface area is 127 Å². The number of anilines is 3. The molecule has 0 saturated carbocycles. The SMILES string of the molecule is CCOc1ccc(Nc2cc(N)c(C#N)c3ccnn23)cc1. The summed E-state index contributed by atoms with van der Waals surface area (Å²) in [7, 11) is 0. The standard InChI is InChI=1S/C16H15N5O/c1-2-22-12-5-3-11(4-6-12)20-16-9-14(18)13(10-17)15-7-8-19-21(15)16/h3-9,20H,2,18H2,1H3. The lowest BCUT2D eigenvalue weighted by Gasteiger charge is -2.11. The van der Waals surface area contributed by atoms with Gasteiger partial charge < -0.3 is 15.8 Å². The van der Waals surface area contributed by atoms with Gasteiger partial charge in [0.1, 0.15) is 23.2 Å². The van der Waals surface area contributed by atoms with Crippen LogP contribution in [0.5, 0.6) is 5.75 Å². The monoisotopic (exact) mass is 293 g/mol. The Balaban J connectivity index is 1.97. The molecule has 0 aliphatic carbocycles. The first-order chi connectivity index (χ1) is 10.7. The van der Waals surface area contributed by atoms with Gasteiger partial charge in [-0.2, -0.15) is 10.4 Å². The number of nitrogens with two attached hydrogens (primary N) is 1. The van der Waals surface area contributed by atoms with E-state index >= 15 is 0 Å². The minimum absolute atomic E-state index is 0.420. The van der Waals surface area contributed by atoms with E-state index in [2.05, 4.69) is 16.5 Å². The molecule has 6 heteroatoms. The molecule has 22 heavy (non-hydrogen) atoms. The van der Waals surface area contributed by atoms with Crippen molar-refractivity contribution in [1.29, 1.82) is 5.26 Å². The average Bonchev–Trinajstić information content (AvgIpc) is 2.99. The van der Waals surface area contributed by atoms with Crippen molar-refractivity contribution in [1.82, 2.24) is 9.61 Å². The molecule has 0 fully saturated rings. The van der Waals surface area contributed by atoms with Gasteiger partial charge in [-0.1, -0.05) is 0 Å². The number of nitrogen functional groups attached to an aromatic ring is 1. The molecule has 0 aliphatic heterocycles. The number of benzene rings is 1. The minimum Gasteiger partial charge on any atom is -0.494 e. The third-order valence-electron chi connectivity index (χ3n) is 3.26. The number of rotatable bonds is 4. The molecule has 2 heterocycles. The highest BCUT2D eigenvalue weighted by atomic mass is 16.5. The van der Waals surface area contributed by atoms with Crippen LogP contribution in [0, 0.1) is 11.3 Å². The highest BCUT2D eigenvalue weighted by Crippen LogP contribution is 2.26. The number of aromatic nitrogens is 2. The quantitative estimate of drug-likeness (QED) is 0.772. The van der Waals surface area contributed by atoms with Crippen molar-refractivity contribution >= 4 is 22.7 Å². The summed E-state index contributed by atoms with van der Waals surface area (Å²) in [6, 6.07) is 13.2. The van der Waals surface area contributed by atoms with Crippen LogP contribution in [0.3, 0.4) is 0 Å². The van der Waals surface area contributed by atoms with Gasteiger partial charge in [0, 0.05) is 11.8 Å². The van der Waals surface area contributed by atoms with Crippen LogP contribution in [0.4, 0.5) is 17.2 Å². The van der Waals surface area contributed by atoms with Crippen LogP contribution in [-0.4, -0.2) is 16.2 Å². The summed E-state index contributed by atoms with van der Waals surface area (Å²) in [6.07, 6.45) is 1.64. The molecule has 6 nitrogen and oxygen atoms in total. The minimum atomic E-state index is 0.420. The van der Waals surface area contributed by atoms with Crippen molar-refractivity contribution in [3.63, 3.8) is 0 Å². The molecule has 0 radical (unpaired) electrons. The van der Waals surface area contributed by atoms with Crippen LogP contribution in [0.25, 0.3) is 5.52 Å². The molecule has 0 atom stereocenters. The third-order valence-corrected chi connectivity index (χ3v) is 3.26. The number of nitrogens with one attached hydrogen (secondary N) is 1. The van der Waals surface area contributed by atoms with Crippen molar-refractivity contribution in [2.24, 2.45) is 0 Å². The number of hydrogen-bond donors (Lipinski definition) is 2. The topological polar surface area (TPSA) is 88.4 Å². The Bertz CT molecular complexity index is 845. The van der Waals surface area contributed by atoms with Crippen LogP contribution in [0.2, 0.25) is 0 Å². The van der Waals surface area contributed by atoms with E-state index in [-0.39, 0.29) is 0 Å². The molecule has 3 rings (SSSR count). The number of pyridine rings is 1. The van der Waals surface area contributed by atoms with Gasteiger partial charge in [-0.3, -0.25) is 0 Å². The molecule has 2 aromatic heterocycles. The molecule has 0 amide bonds. The van der Waals surface area contributed by atoms with Crippen LogP contribution < -0.4 is 15.8 Å². The Morgan fingerprint density at radius 3 is 2.77 bits per heavy atom. The van der Waals surface area contributed by atoms with E-state index in [1.165, 1.54) is 0 Å². The first-order valence-electron chi connectivity index (χ1n) is 6.89. The Morgan fingerprint density at radius 1 is 1.32 bits per heavy atom. The normalized spacial score (nSPS) is 10.4. The number of nitriles is 1. The fourth-order valence-electron chi connectivity index (χ4n) is 2.27. The van der Waals surface area contributed by atoms with E-state index in [1.54, 1.807) is 22.8 Å². The summed E-state index contributed by atoms with van der Waals surface area (Å²) in [6.45, 7) is 2.58. The second kappa shape index (κ2) is 5.66. The molecule has 1 aromatic carbocycles. The molecule has 0 aliphatic rings. The zero-order chi connectivity index (χ0) is 15.5. The second-order valence-corrected chi connectivity index (χ2v) is 4.68. The lowest BCUT2D eigenvalue weighted by Crippen LogP contribution is -2.04. The molecule has 0 unspecified atom stereocenters. The molecule has 0 spiro atoms. The van der Waals surface area contributed by atoms with Crippen molar-refractivity contribution in [2.75, 3.05) is 17.7 Å². The predicted molar refractivity (Wildman–Crippen MR) is 85.2 cm³/mol. The predicted octanol–water partition coefficient (Wildman–Crippen LogP) is 2.93. The maximum atomic E-state index is 9.19. The molecular weight excluding hydrogens is 278 g/mol. The largest absolute Gasteiger partial charge is 0.494 e. The molecule has 3 aromatic rings. The molecule has 3 N–H and O–H groups in total. The summed E-state index contributed by atoms with van der Waals surface area (Å²) in [5, 5.41) is 16.7. The van der Waals surface area contributed by atoms with Gasteiger partial charge in [0.15, 0.2) is 0 Å². The van der Waals surface area contributed by atoms with Gasteiger partial charge in [0.05, 0.1) is 24.0 Å². The van der Waals surface area contributed by atoms with Gasteiger partial charge in [-0.25, -0.2) is 4.52 Å². The van der Waals surface area contributed by atoms with E-state index in [1.807, 2.05) is 31.2 Å². The summed E-state index contributed by atoms with van der Waals surface area (Å²) >= 11 is 0. The lowest BCUT2D eigenvalue weighted by molar-refractivity contribution is 0.340. The fourth-order valence-corrected chi connectivity index (χ4v) is 2.27. The Morgan fingerprint density at radius 2 is 2.09 bits per heavy atom. The van der Waals surface area contributed by atoms with E-state index in [0.29, 0.717) is 29.2 Å². The van der Waals surface area contributed by atoms with E-state index < -0.39 is 0 Å². The van der Waals surface area contributed by atoms with Gasteiger partial charge in [0.25, 0.3) is 0 Å². The van der Waals surface area contributed by atoms with Crippen LogP contribution in [0.15, 0.2) is 42.6 Å². The molecule has 0 saturated heterocycles. The summed E-state index contributed by atoms with van der Waals surface area (Å²) in [4.78, 5) is 0. The number of fused-ring (bicyclic) bond motifs is 1. The van der Waals surface area contributed by atoms with E-state index in [0.717, 1.165) is 11.4 Å². The molecule has 110 valence electrons. The first kappa shape index (κ1) is 13.8. The fraction of sp³-hybridized carbons (Fsp3) is 0.125. The van der Waals surface area contributed by atoms with Crippen LogP contribution in [0.1, 0.15) is 12.5 Å². The highest BCUT2D eigenvalue weighted by molar-refractivity contribution is 5.76. The highest BCUT2D eigenvalue weighted by Gasteiger charge is 2.11. The summed E-state index contributed by atoms with van der Waals surface area (Å²) < 4.78 is 7.08. The number of ether oxygens (including phenoxy) is 1. The Kier molecular flexibility index (Phi) is 3.54. The number of hydrogen-bond acceptors (Lipinski definition) is 5. The van der Waals surface area contributed by atoms with Crippen molar-refractivity contribution in [3.8, 4) is 11.8 Å². The van der Waals surface area contributed by atoms with Gasteiger partial charge >= 0.3 is 0 Å². The lowest BCUT2D eigenvalue weighted by atomic mass is 10.2. The number of nitrogens with zero attached hydrogens (tertiary/aromatic N) is 3. The van der Waals surface area contributed by atoms with Crippen molar-refractivity contribution < 1.29 is 4.74 Å². The smallest absolute Gasteiger partial charge is 0.134 e. The average molecular weight is 293 g/mol. The molecular formula is C16H15N5O. The zero-order valence-electron chi connectivity index (χ0n) is 12.1. The zero-order valence-corrected chi connectivity index (χ0v) is 12.1. The van der Waals surface area contributed by atoms with Crippen molar-refractivity contribution in [2.45, 2.75) is 6.92 Å². The maximum Gasteiger partial charge on any atom is 0.134 e. The summed E-state index contributed by atoms with van der Waals surface area (Å²) in [5.41, 5.74) is 8.35. The van der Waals surface area contributed by atoms with Gasteiger partial charge in [-0.15, -0.1) is 0 Å².